The zero-order valence-corrected chi connectivity index (χ0v) is 13.2. The van der Waals surface area contributed by atoms with Crippen LogP contribution in [0.15, 0.2) is 58.2 Å². The van der Waals surface area contributed by atoms with Crippen LogP contribution in [0.4, 0.5) is 0 Å². The van der Waals surface area contributed by atoms with Crippen molar-refractivity contribution in [1.82, 2.24) is 14.9 Å². The largest absolute Gasteiger partial charge is 0.272 e. The van der Waals surface area contributed by atoms with Crippen LogP contribution in [-0.2, 0) is 16.6 Å². The van der Waals surface area contributed by atoms with E-state index in [-0.39, 0.29) is 17.0 Å². The summed E-state index contributed by atoms with van der Waals surface area (Å²) < 4.78 is 27.4. The highest BCUT2D eigenvalue weighted by atomic mass is 32.2. The van der Waals surface area contributed by atoms with E-state index in [1.807, 2.05) is 0 Å². The maximum atomic E-state index is 12.4. The molecule has 2 aromatic carbocycles. The topological polar surface area (TPSA) is 91.9 Å². The Morgan fingerprint density at radius 2 is 1.70 bits per heavy atom. The van der Waals surface area contributed by atoms with Crippen LogP contribution in [0.2, 0.25) is 0 Å². The van der Waals surface area contributed by atoms with Gasteiger partial charge in [-0.2, -0.15) is 5.10 Å². The molecule has 7 heteroatoms. The van der Waals surface area contributed by atoms with Crippen LogP contribution in [0, 0.1) is 6.92 Å². The van der Waals surface area contributed by atoms with Crippen molar-refractivity contribution in [3.05, 3.63) is 70.1 Å². The molecule has 0 aliphatic heterocycles. The number of rotatable bonds is 4. The fraction of sp³-hybridized carbons (Fsp3) is 0.125. The van der Waals surface area contributed by atoms with Crippen molar-refractivity contribution in [3.8, 4) is 0 Å². The van der Waals surface area contributed by atoms with Gasteiger partial charge in [0.05, 0.1) is 22.5 Å². The van der Waals surface area contributed by atoms with E-state index < -0.39 is 10.0 Å². The molecule has 118 valence electrons. The van der Waals surface area contributed by atoms with Gasteiger partial charge in [0.25, 0.3) is 5.56 Å². The third kappa shape index (κ3) is 3.01. The minimum Gasteiger partial charge on any atom is -0.267 e. The maximum Gasteiger partial charge on any atom is 0.272 e. The maximum absolute atomic E-state index is 12.4. The Kier molecular flexibility index (Phi) is 3.97. The SMILES string of the molecule is Cc1ccccc1S(=O)(=O)NCc1n[nH]c(=O)c2ccccc12. The highest BCUT2D eigenvalue weighted by molar-refractivity contribution is 7.89. The van der Waals surface area contributed by atoms with Crippen molar-refractivity contribution < 1.29 is 8.42 Å². The minimum atomic E-state index is -3.65. The van der Waals surface area contributed by atoms with Crippen LogP contribution in [-0.4, -0.2) is 18.6 Å². The molecule has 23 heavy (non-hydrogen) atoms. The molecule has 0 bridgehead atoms. The lowest BCUT2D eigenvalue weighted by atomic mass is 10.1. The van der Waals surface area contributed by atoms with Gasteiger partial charge in [-0.3, -0.25) is 4.79 Å². The van der Waals surface area contributed by atoms with E-state index in [1.54, 1.807) is 55.5 Å². The Morgan fingerprint density at radius 1 is 1.04 bits per heavy atom. The zero-order valence-electron chi connectivity index (χ0n) is 12.4. The molecule has 0 amide bonds. The van der Waals surface area contributed by atoms with E-state index in [2.05, 4.69) is 14.9 Å². The van der Waals surface area contributed by atoms with Crippen LogP contribution in [0.3, 0.4) is 0 Å². The second-order valence-corrected chi connectivity index (χ2v) is 6.87. The molecule has 0 saturated heterocycles. The number of benzene rings is 2. The number of fused-ring (bicyclic) bond motifs is 1. The number of aryl methyl sites for hydroxylation is 1. The summed E-state index contributed by atoms with van der Waals surface area (Å²) in [5, 5.41) is 7.46. The third-order valence-corrected chi connectivity index (χ3v) is 5.15. The van der Waals surface area contributed by atoms with Crippen molar-refractivity contribution >= 4 is 20.8 Å². The molecule has 1 aromatic heterocycles. The van der Waals surface area contributed by atoms with Gasteiger partial charge >= 0.3 is 0 Å². The van der Waals surface area contributed by atoms with E-state index in [1.165, 1.54) is 0 Å². The molecule has 0 spiro atoms. The number of nitrogens with one attached hydrogen (secondary N) is 2. The Hall–Kier alpha value is -2.51. The molecule has 0 radical (unpaired) electrons. The lowest BCUT2D eigenvalue weighted by molar-refractivity contribution is 0.579. The quantitative estimate of drug-likeness (QED) is 0.762. The summed E-state index contributed by atoms with van der Waals surface area (Å²) in [5.41, 5.74) is 0.836. The summed E-state index contributed by atoms with van der Waals surface area (Å²) in [5.74, 6) is 0. The summed E-state index contributed by atoms with van der Waals surface area (Å²) >= 11 is 0. The molecule has 1 heterocycles. The third-order valence-electron chi connectivity index (χ3n) is 3.59. The standard InChI is InChI=1S/C16H15N3O3S/c1-11-6-2-5-9-15(11)23(21,22)17-10-14-12-7-3-4-8-13(12)16(20)19-18-14/h2-9,17H,10H2,1H3,(H,19,20). The molecule has 0 atom stereocenters. The lowest BCUT2D eigenvalue weighted by Crippen LogP contribution is -2.25. The van der Waals surface area contributed by atoms with Gasteiger partial charge in [0.1, 0.15) is 0 Å². The molecule has 3 aromatic rings. The van der Waals surface area contributed by atoms with Crippen molar-refractivity contribution in [2.45, 2.75) is 18.4 Å². The second kappa shape index (κ2) is 5.94. The number of nitrogens with zero attached hydrogens (tertiary/aromatic N) is 1. The van der Waals surface area contributed by atoms with Gasteiger partial charge in [-0.05, 0) is 24.6 Å². The summed E-state index contributed by atoms with van der Waals surface area (Å²) in [4.78, 5) is 12.0. The van der Waals surface area contributed by atoms with E-state index in [4.69, 9.17) is 0 Å². The van der Waals surface area contributed by atoms with Gasteiger partial charge in [-0.25, -0.2) is 18.2 Å². The Labute approximate surface area is 133 Å². The molecule has 0 saturated carbocycles. The van der Waals surface area contributed by atoms with Crippen LogP contribution in [0.5, 0.6) is 0 Å². The Bertz CT molecular complexity index is 1030. The lowest BCUT2D eigenvalue weighted by Gasteiger charge is -2.09. The van der Waals surface area contributed by atoms with E-state index in [0.717, 1.165) is 0 Å². The van der Waals surface area contributed by atoms with Gasteiger partial charge in [-0.1, -0.05) is 36.4 Å². The average Bonchev–Trinajstić information content (AvgIpc) is 2.55. The van der Waals surface area contributed by atoms with Crippen molar-refractivity contribution in [2.24, 2.45) is 0 Å². The van der Waals surface area contributed by atoms with Gasteiger partial charge in [0.2, 0.25) is 10.0 Å². The van der Waals surface area contributed by atoms with E-state index in [9.17, 15) is 13.2 Å². The molecular formula is C16H15N3O3S. The van der Waals surface area contributed by atoms with E-state index >= 15 is 0 Å². The first-order chi connectivity index (χ1) is 11.0. The number of sulfonamides is 1. The second-order valence-electron chi connectivity index (χ2n) is 5.14. The summed E-state index contributed by atoms with van der Waals surface area (Å²) in [6.07, 6.45) is 0. The predicted molar refractivity (Wildman–Crippen MR) is 87.6 cm³/mol. The van der Waals surface area contributed by atoms with Crippen LogP contribution in [0.25, 0.3) is 10.8 Å². The summed E-state index contributed by atoms with van der Waals surface area (Å²) in [6, 6.07) is 13.7. The molecule has 0 unspecified atom stereocenters. The summed E-state index contributed by atoms with van der Waals surface area (Å²) in [7, 11) is -3.65. The average molecular weight is 329 g/mol. The van der Waals surface area contributed by atoms with Crippen molar-refractivity contribution in [3.63, 3.8) is 0 Å². The van der Waals surface area contributed by atoms with Gasteiger partial charge in [0, 0.05) is 5.39 Å². The zero-order chi connectivity index (χ0) is 16.4. The van der Waals surface area contributed by atoms with Crippen LogP contribution < -0.4 is 10.3 Å². The number of aromatic amines is 1. The molecule has 6 nitrogen and oxygen atoms in total. The number of aromatic nitrogens is 2. The van der Waals surface area contributed by atoms with Crippen LogP contribution in [0.1, 0.15) is 11.3 Å². The fourth-order valence-corrected chi connectivity index (χ4v) is 3.64. The number of H-pyrrole nitrogens is 1. The Balaban J connectivity index is 1.94. The van der Waals surface area contributed by atoms with Gasteiger partial charge in [0.15, 0.2) is 0 Å². The number of hydrogen-bond acceptors (Lipinski definition) is 4. The van der Waals surface area contributed by atoms with E-state index in [0.29, 0.717) is 22.0 Å². The first-order valence-corrected chi connectivity index (χ1v) is 8.49. The monoisotopic (exact) mass is 329 g/mol. The normalized spacial score (nSPS) is 11.7. The van der Waals surface area contributed by atoms with Crippen LogP contribution >= 0.6 is 0 Å². The predicted octanol–water partition coefficient (Wildman–Crippen LogP) is 1.71. The van der Waals surface area contributed by atoms with Crippen molar-refractivity contribution in [1.29, 1.82) is 0 Å². The molecular weight excluding hydrogens is 314 g/mol. The number of hydrogen-bond donors (Lipinski definition) is 2. The first kappa shape index (κ1) is 15.4. The first-order valence-electron chi connectivity index (χ1n) is 7.00. The summed E-state index contributed by atoms with van der Waals surface area (Å²) in [6.45, 7) is 1.73. The Morgan fingerprint density at radius 3 is 2.43 bits per heavy atom. The molecule has 0 aliphatic rings. The highest BCUT2D eigenvalue weighted by Gasteiger charge is 2.17. The minimum absolute atomic E-state index is 0.00599. The van der Waals surface area contributed by atoms with Crippen molar-refractivity contribution in [2.75, 3.05) is 0 Å². The fourth-order valence-electron chi connectivity index (χ4n) is 2.41. The molecule has 3 rings (SSSR count). The van der Waals surface area contributed by atoms with Gasteiger partial charge in [-0.15, -0.1) is 0 Å². The highest BCUT2D eigenvalue weighted by Crippen LogP contribution is 2.16. The smallest absolute Gasteiger partial charge is 0.267 e. The molecule has 0 fully saturated rings. The molecule has 0 aliphatic carbocycles. The van der Waals surface area contributed by atoms with Gasteiger partial charge < -0.3 is 0 Å². The molecule has 2 N–H and O–H groups in total.